The van der Waals surface area contributed by atoms with Crippen LogP contribution >= 0.6 is 46.9 Å². The molecular weight excluding hydrogens is 482 g/mol. The number of hydrogen-bond donors (Lipinski definition) is 4. The molecule has 0 radical (unpaired) electrons. The van der Waals surface area contributed by atoms with E-state index < -0.39 is 21.4 Å². The molecule has 1 heterocycles. The maximum Gasteiger partial charge on any atom is 0.178 e. The number of benzene rings is 2. The first-order chi connectivity index (χ1) is 14.4. The maximum atomic E-state index is 12.7. The van der Waals surface area contributed by atoms with Crippen LogP contribution in [0, 0.1) is 0 Å². The van der Waals surface area contributed by atoms with Crippen LogP contribution in [-0.4, -0.2) is 35.5 Å². The second-order valence-corrected chi connectivity index (χ2v) is 11.0. The highest BCUT2D eigenvalue weighted by atomic mass is 35.5. The summed E-state index contributed by atoms with van der Waals surface area (Å²) in [6.45, 7) is 0. The minimum atomic E-state index is -1.32. The van der Waals surface area contributed by atoms with E-state index in [1.54, 1.807) is 36.6 Å². The quantitative estimate of drug-likeness (QED) is 0.210. The molecule has 0 saturated heterocycles. The molecule has 3 rings (SSSR count). The van der Waals surface area contributed by atoms with E-state index in [0.29, 0.717) is 19.9 Å². The number of para-hydroxylation sites is 1. The van der Waals surface area contributed by atoms with Crippen molar-refractivity contribution >= 4 is 62.8 Å². The molecule has 0 spiro atoms. The number of aromatic hydroxyl groups is 1. The number of nitrogens with two attached hydrogens (primary N) is 1. The van der Waals surface area contributed by atoms with Gasteiger partial charge in [0.1, 0.15) is 15.3 Å². The average Bonchev–Trinajstić information content (AvgIpc) is 3.17. The van der Waals surface area contributed by atoms with Crippen molar-refractivity contribution in [1.82, 2.24) is 21.0 Å². The van der Waals surface area contributed by atoms with E-state index >= 15 is 0 Å². The van der Waals surface area contributed by atoms with Crippen molar-refractivity contribution in [3.8, 4) is 16.3 Å². The molecule has 0 fully saturated rings. The van der Waals surface area contributed by atoms with Crippen molar-refractivity contribution < 1.29 is 9.32 Å². The predicted octanol–water partition coefficient (Wildman–Crippen LogP) is 3.44. The number of halogens is 1. The van der Waals surface area contributed by atoms with Crippen LogP contribution in [0.25, 0.3) is 10.6 Å². The number of thioether (sulfide) groups is 1. The number of hydrogen-bond acceptors (Lipinski definition) is 8. The van der Waals surface area contributed by atoms with Crippen molar-refractivity contribution in [3.63, 3.8) is 0 Å². The number of nitrogens with one attached hydrogen (secondary N) is 2. The fourth-order valence-electron chi connectivity index (χ4n) is 2.62. The molecule has 1 unspecified atom stereocenters. The van der Waals surface area contributed by atoms with E-state index in [2.05, 4.69) is 21.0 Å². The molecule has 158 valence electrons. The monoisotopic (exact) mass is 499 g/mol. The molecule has 3 atom stereocenters. The molecule has 2 aromatic carbocycles. The molecule has 0 aliphatic carbocycles. The predicted molar refractivity (Wildman–Crippen MR) is 128 cm³/mol. The number of nitrogens with zero attached hydrogens (tertiary/aromatic N) is 2. The second kappa shape index (κ2) is 10.5. The minimum Gasteiger partial charge on any atom is -0.508 e. The third kappa shape index (κ3) is 5.68. The van der Waals surface area contributed by atoms with Crippen LogP contribution in [-0.2, 0) is 10.8 Å². The van der Waals surface area contributed by atoms with Crippen LogP contribution in [0.2, 0.25) is 5.02 Å². The highest BCUT2D eigenvalue weighted by molar-refractivity contribution is 8.12. The molecule has 12 heteroatoms. The van der Waals surface area contributed by atoms with Gasteiger partial charge in [0.25, 0.3) is 0 Å². The molecular formula is C18H18ClN5O2S4. The lowest BCUT2D eigenvalue weighted by atomic mass is 10.1. The zero-order chi connectivity index (χ0) is 21.7. The summed E-state index contributed by atoms with van der Waals surface area (Å²) < 4.78 is 12.7. The van der Waals surface area contributed by atoms with Crippen LogP contribution in [0.5, 0.6) is 5.75 Å². The summed E-state index contributed by atoms with van der Waals surface area (Å²) in [7, 11) is -1.32. The van der Waals surface area contributed by atoms with Gasteiger partial charge in [-0.3, -0.25) is 9.63 Å². The minimum absolute atomic E-state index is 0.0259. The van der Waals surface area contributed by atoms with Crippen molar-refractivity contribution in [3.05, 3.63) is 59.1 Å². The van der Waals surface area contributed by atoms with Gasteiger partial charge >= 0.3 is 0 Å². The summed E-state index contributed by atoms with van der Waals surface area (Å²) in [5, 5.41) is 20.1. The lowest BCUT2D eigenvalue weighted by Crippen LogP contribution is -2.46. The Balaban J connectivity index is 1.91. The Kier molecular flexibility index (Phi) is 8.03. The molecule has 0 bridgehead atoms. The zero-order valence-electron chi connectivity index (χ0n) is 15.6. The Bertz CT molecular complexity index is 1060. The number of phenols is 1. The van der Waals surface area contributed by atoms with Crippen LogP contribution in [0.4, 0.5) is 0 Å². The molecule has 0 saturated carbocycles. The van der Waals surface area contributed by atoms with Gasteiger partial charge in [0, 0.05) is 28.2 Å². The summed E-state index contributed by atoms with van der Waals surface area (Å²) in [6, 6.07) is 13.6. The molecule has 3 aromatic rings. The second-order valence-electron chi connectivity index (χ2n) is 6.01. The van der Waals surface area contributed by atoms with E-state index in [-0.39, 0.29) is 10.9 Å². The Labute approximate surface area is 194 Å². The summed E-state index contributed by atoms with van der Waals surface area (Å²) in [5.74, 6) is 0.0600. The lowest BCUT2D eigenvalue weighted by molar-refractivity contribution is 0.446. The van der Waals surface area contributed by atoms with Gasteiger partial charge in [-0.2, -0.15) is 0 Å². The first-order valence-electron chi connectivity index (χ1n) is 8.53. The van der Waals surface area contributed by atoms with Crippen molar-refractivity contribution in [2.75, 3.05) is 6.26 Å². The van der Waals surface area contributed by atoms with E-state index in [1.807, 2.05) is 18.2 Å². The van der Waals surface area contributed by atoms with E-state index in [1.165, 1.54) is 23.1 Å². The molecule has 7 nitrogen and oxygen atoms in total. The Morgan fingerprint density at radius 1 is 1.27 bits per heavy atom. The fourth-order valence-corrected chi connectivity index (χ4v) is 6.55. The maximum absolute atomic E-state index is 12.7. The first kappa shape index (κ1) is 22.9. The summed E-state index contributed by atoms with van der Waals surface area (Å²) >= 11 is 13.8. The number of rotatable bonds is 8. The number of phenolic OH excluding ortho intramolecular Hbond substituents is 1. The largest absolute Gasteiger partial charge is 0.508 e. The van der Waals surface area contributed by atoms with E-state index in [9.17, 15) is 9.32 Å². The topological polar surface area (TPSA) is 113 Å². The molecule has 0 amide bonds. The van der Waals surface area contributed by atoms with Crippen molar-refractivity contribution in [2.45, 2.75) is 15.0 Å². The van der Waals surface area contributed by atoms with Crippen LogP contribution in [0.1, 0.15) is 11.6 Å². The molecule has 0 aliphatic heterocycles. The lowest BCUT2D eigenvalue weighted by Gasteiger charge is -2.26. The van der Waals surface area contributed by atoms with Gasteiger partial charge in [-0.1, -0.05) is 71.1 Å². The van der Waals surface area contributed by atoms with Crippen LogP contribution in [0.3, 0.4) is 0 Å². The third-order valence-electron chi connectivity index (χ3n) is 3.95. The van der Waals surface area contributed by atoms with E-state index in [0.717, 1.165) is 5.56 Å². The number of hydrazine groups is 1. The zero-order valence-corrected chi connectivity index (χ0v) is 19.6. The summed E-state index contributed by atoms with van der Waals surface area (Å²) in [4.78, 5) is 0. The molecule has 0 aliphatic rings. The standard InChI is InChI=1S/C18H18ClN5O2S4/c1-30(26)16(14(21-23-17(20)27)11-7-3-5-9-13(11)25)29-18-24-22-15(28-18)10-6-2-4-8-12(10)19/h2-9,14,16,21,25H,1H3,(H3,20,23,27)/t14-,16-,30?/m0/s1. The smallest absolute Gasteiger partial charge is 0.178 e. The van der Waals surface area contributed by atoms with Crippen molar-refractivity contribution in [2.24, 2.45) is 5.73 Å². The molecule has 1 aromatic heterocycles. The molecule has 5 N–H and O–H groups in total. The first-order valence-corrected chi connectivity index (χ1v) is 12.6. The van der Waals surface area contributed by atoms with Gasteiger partial charge in [-0.25, -0.2) is 5.43 Å². The van der Waals surface area contributed by atoms with Crippen LogP contribution in [0.15, 0.2) is 52.9 Å². The molecule has 30 heavy (non-hydrogen) atoms. The Hall–Kier alpha value is -1.76. The van der Waals surface area contributed by atoms with E-state index in [4.69, 9.17) is 29.6 Å². The highest BCUT2D eigenvalue weighted by Gasteiger charge is 2.31. The number of aromatic nitrogens is 2. The fraction of sp³-hybridized carbons (Fsp3) is 0.167. The third-order valence-corrected chi connectivity index (χ3v) is 8.49. The van der Waals surface area contributed by atoms with Gasteiger partial charge in [0.05, 0.1) is 11.1 Å². The number of thiocarbonyl (C=S) groups is 1. The van der Waals surface area contributed by atoms with Gasteiger partial charge in [0.2, 0.25) is 0 Å². The van der Waals surface area contributed by atoms with Crippen LogP contribution < -0.4 is 16.6 Å². The highest BCUT2D eigenvalue weighted by Crippen LogP contribution is 2.40. The normalized spacial score (nSPS) is 14.1. The average molecular weight is 500 g/mol. The van der Waals surface area contributed by atoms with Gasteiger partial charge in [-0.15, -0.1) is 10.2 Å². The van der Waals surface area contributed by atoms with Gasteiger partial charge in [-0.05, 0) is 24.4 Å². The Morgan fingerprint density at radius 3 is 2.63 bits per heavy atom. The summed E-state index contributed by atoms with van der Waals surface area (Å²) in [6.07, 6.45) is 1.59. The van der Waals surface area contributed by atoms with Crippen molar-refractivity contribution in [1.29, 1.82) is 0 Å². The SMILES string of the molecule is CS(=O)[C@H](Sc1nnc(-c2ccccc2Cl)s1)[C@@H](NNC(N)=S)c1ccccc1O. The van der Waals surface area contributed by atoms with Gasteiger partial charge < -0.3 is 10.8 Å². The Morgan fingerprint density at radius 2 is 1.97 bits per heavy atom. The summed E-state index contributed by atoms with van der Waals surface area (Å²) in [5.41, 5.74) is 12.5. The van der Waals surface area contributed by atoms with Gasteiger partial charge in [0.15, 0.2) is 9.45 Å².